The third-order valence-corrected chi connectivity index (χ3v) is 5.03. The van der Waals surface area contributed by atoms with Crippen LogP contribution in [0.15, 0.2) is 66.2 Å². The molecule has 3 aromatic rings. The molecule has 1 unspecified atom stereocenters. The van der Waals surface area contributed by atoms with Crippen molar-refractivity contribution in [2.75, 3.05) is 0 Å². The number of rotatable bonds is 3. The van der Waals surface area contributed by atoms with Crippen LogP contribution < -0.4 is 0 Å². The zero-order chi connectivity index (χ0) is 18.5. The minimum absolute atomic E-state index is 0.614. The van der Waals surface area contributed by atoms with Crippen LogP contribution in [0.25, 0.3) is 28.0 Å². The molecule has 0 N–H and O–H groups in total. The molecule has 0 heterocycles. The summed E-state index contributed by atoms with van der Waals surface area (Å²) < 4.78 is 0. The molecule has 1 atom stereocenters. The monoisotopic (exact) mass is 457 g/mol. The molecule has 0 aromatic heterocycles. The van der Waals surface area contributed by atoms with Crippen LogP contribution in [0.5, 0.6) is 0 Å². The zero-order valence-electron chi connectivity index (χ0n) is 15.0. The SMILES string of the molecule is CCC(C)C1=Cc2c(cccc2-c2cccc3ccccc23)[CH]1.[Cl][Zr][Cl]. The second-order valence-corrected chi connectivity index (χ2v) is 10.2. The van der Waals surface area contributed by atoms with Gasteiger partial charge in [-0.15, -0.1) is 0 Å². The van der Waals surface area contributed by atoms with Crippen molar-refractivity contribution in [2.24, 2.45) is 5.92 Å². The van der Waals surface area contributed by atoms with E-state index in [0.717, 1.165) is 0 Å². The van der Waals surface area contributed by atoms with E-state index in [1.165, 1.54) is 45.0 Å². The van der Waals surface area contributed by atoms with Gasteiger partial charge >= 0.3 is 37.9 Å². The van der Waals surface area contributed by atoms with Gasteiger partial charge in [0.25, 0.3) is 0 Å². The summed E-state index contributed by atoms with van der Waals surface area (Å²) in [5, 5.41) is 2.63. The molecule has 4 rings (SSSR count). The van der Waals surface area contributed by atoms with E-state index in [9.17, 15) is 0 Å². The molecule has 131 valence electrons. The standard InChI is InChI=1S/C23H21.2ClH.Zr/c1-3-16(2)19-14-18-10-7-13-22(23(18)15-19)21-12-6-9-17-8-4-5-11-20(17)21;;;/h4-16H,3H2,1-2H3;2*1H;/q;;;+2/p-2. The van der Waals surface area contributed by atoms with Gasteiger partial charge in [0.1, 0.15) is 0 Å². The van der Waals surface area contributed by atoms with Crippen molar-refractivity contribution in [3.63, 3.8) is 0 Å². The fourth-order valence-electron chi connectivity index (χ4n) is 3.47. The zero-order valence-corrected chi connectivity index (χ0v) is 18.9. The van der Waals surface area contributed by atoms with Crippen LogP contribution in [0.4, 0.5) is 0 Å². The summed E-state index contributed by atoms with van der Waals surface area (Å²) in [5.41, 5.74) is 6.85. The van der Waals surface area contributed by atoms with Gasteiger partial charge in [0.2, 0.25) is 0 Å². The quantitative estimate of drug-likeness (QED) is 0.374. The van der Waals surface area contributed by atoms with E-state index >= 15 is 0 Å². The van der Waals surface area contributed by atoms with E-state index in [1.54, 1.807) is 0 Å². The summed E-state index contributed by atoms with van der Waals surface area (Å²) in [6.07, 6.45) is 5.93. The first-order valence-corrected chi connectivity index (χ1v) is 15.2. The van der Waals surface area contributed by atoms with E-state index in [2.05, 4.69) is 87.0 Å². The Morgan fingerprint density at radius 1 is 0.885 bits per heavy atom. The van der Waals surface area contributed by atoms with E-state index < -0.39 is 20.8 Å². The average molecular weight is 460 g/mol. The van der Waals surface area contributed by atoms with Gasteiger partial charge in [0, 0.05) is 6.42 Å². The second-order valence-electron chi connectivity index (χ2n) is 6.50. The normalized spacial score (nSPS) is 13.5. The van der Waals surface area contributed by atoms with E-state index in [0.29, 0.717) is 5.92 Å². The van der Waals surface area contributed by atoms with Gasteiger partial charge in [0.15, 0.2) is 0 Å². The van der Waals surface area contributed by atoms with Gasteiger partial charge < -0.3 is 0 Å². The molecule has 0 spiro atoms. The van der Waals surface area contributed by atoms with Gasteiger partial charge in [-0.2, -0.15) is 0 Å². The first kappa shape index (κ1) is 19.9. The van der Waals surface area contributed by atoms with Crippen LogP contribution in [-0.2, 0) is 20.8 Å². The van der Waals surface area contributed by atoms with Crippen LogP contribution in [0.1, 0.15) is 31.4 Å². The minimum atomic E-state index is -0.826. The van der Waals surface area contributed by atoms with Crippen LogP contribution >= 0.6 is 17.0 Å². The molecule has 0 saturated heterocycles. The topological polar surface area (TPSA) is 0 Å². The Morgan fingerprint density at radius 3 is 2.31 bits per heavy atom. The molecule has 0 bridgehead atoms. The second kappa shape index (κ2) is 9.36. The Morgan fingerprint density at radius 2 is 1.54 bits per heavy atom. The molecule has 0 amide bonds. The predicted octanol–water partition coefficient (Wildman–Crippen LogP) is 7.88. The number of fused-ring (bicyclic) bond motifs is 2. The molecule has 0 fully saturated rings. The maximum atomic E-state index is 4.93. The van der Waals surface area contributed by atoms with Gasteiger partial charge in [-0.3, -0.25) is 0 Å². The Bertz CT molecular complexity index is 925. The van der Waals surface area contributed by atoms with Crippen molar-refractivity contribution in [1.29, 1.82) is 0 Å². The van der Waals surface area contributed by atoms with Crippen molar-refractivity contribution >= 4 is 33.9 Å². The molecule has 3 aromatic carbocycles. The predicted molar refractivity (Wildman–Crippen MR) is 112 cm³/mol. The molecule has 1 radical (unpaired) electrons. The summed E-state index contributed by atoms with van der Waals surface area (Å²) >= 11 is -0.826. The van der Waals surface area contributed by atoms with Crippen LogP contribution in [-0.4, -0.2) is 0 Å². The molecule has 0 nitrogen and oxygen atoms in total. The molecule has 26 heavy (non-hydrogen) atoms. The number of benzene rings is 3. The molecule has 1 aliphatic rings. The van der Waals surface area contributed by atoms with Crippen molar-refractivity contribution in [3.05, 3.63) is 83.8 Å². The van der Waals surface area contributed by atoms with E-state index in [-0.39, 0.29) is 0 Å². The fraction of sp³-hybridized carbons (Fsp3) is 0.174. The molecule has 0 saturated carbocycles. The van der Waals surface area contributed by atoms with Crippen molar-refractivity contribution in [3.8, 4) is 11.1 Å². The molecule has 1 aliphatic carbocycles. The number of halogens is 2. The summed E-state index contributed by atoms with van der Waals surface area (Å²) in [5.74, 6) is 0.614. The number of allylic oxidation sites excluding steroid dienone is 1. The molecular formula is C23H21Cl2Zr. The van der Waals surface area contributed by atoms with Crippen LogP contribution in [0, 0.1) is 12.3 Å². The Hall–Kier alpha value is -0.877. The number of hydrogen-bond acceptors (Lipinski definition) is 0. The third-order valence-electron chi connectivity index (χ3n) is 5.03. The molecule has 3 heteroatoms. The molecule has 0 aliphatic heterocycles. The Balaban J connectivity index is 0.000000613. The summed E-state index contributed by atoms with van der Waals surface area (Å²) in [6.45, 7) is 4.57. The Labute approximate surface area is 174 Å². The third kappa shape index (κ3) is 4.17. The average Bonchev–Trinajstić information content (AvgIpc) is 3.12. The van der Waals surface area contributed by atoms with Crippen LogP contribution in [0.3, 0.4) is 0 Å². The van der Waals surface area contributed by atoms with Gasteiger partial charge in [0.05, 0.1) is 0 Å². The van der Waals surface area contributed by atoms with Crippen LogP contribution in [0.2, 0.25) is 0 Å². The summed E-state index contributed by atoms with van der Waals surface area (Å²) in [6, 6.07) is 21.9. The van der Waals surface area contributed by atoms with Gasteiger partial charge in [-0.25, -0.2) is 0 Å². The first-order valence-electron chi connectivity index (χ1n) is 8.83. The van der Waals surface area contributed by atoms with Gasteiger partial charge in [-0.05, 0) is 45.4 Å². The fourth-order valence-corrected chi connectivity index (χ4v) is 3.47. The Kier molecular flexibility index (Phi) is 7.15. The molecular weight excluding hydrogens is 438 g/mol. The van der Waals surface area contributed by atoms with E-state index in [4.69, 9.17) is 17.0 Å². The van der Waals surface area contributed by atoms with Gasteiger partial charge in [-0.1, -0.05) is 86.2 Å². The van der Waals surface area contributed by atoms with Crippen molar-refractivity contribution in [2.45, 2.75) is 20.3 Å². The van der Waals surface area contributed by atoms with Crippen molar-refractivity contribution < 1.29 is 20.8 Å². The summed E-state index contributed by atoms with van der Waals surface area (Å²) in [7, 11) is 9.87. The number of hydrogen-bond donors (Lipinski definition) is 0. The summed E-state index contributed by atoms with van der Waals surface area (Å²) in [4.78, 5) is 0. The van der Waals surface area contributed by atoms with Crippen molar-refractivity contribution in [1.82, 2.24) is 0 Å². The first-order chi connectivity index (χ1) is 12.7. The maximum absolute atomic E-state index is 4.93. The van der Waals surface area contributed by atoms with E-state index in [1.807, 2.05) is 0 Å².